The molecule has 0 unspecified atom stereocenters. The maximum absolute atomic E-state index is 10.6. The maximum atomic E-state index is 10.6. The number of benzene rings is 2. The molecule has 0 amide bonds. The molecule has 2 radical (unpaired) electrons. The van der Waals surface area contributed by atoms with E-state index >= 15 is 0 Å². The molecule has 2 heterocycles. The van der Waals surface area contributed by atoms with Gasteiger partial charge in [0.05, 0.1) is 4.92 Å². The molecule has 0 atom stereocenters. The molecule has 13 heteroatoms. The monoisotopic (exact) mass is 696 g/mol. The average Bonchev–Trinajstić information content (AvgIpc) is 2.92. The molecule has 2 aromatic rings. The second-order valence-corrected chi connectivity index (χ2v) is 13.5. The number of nitrogens with zero attached hydrogens (tertiary/aromatic N) is 3. The van der Waals surface area contributed by atoms with Crippen LogP contribution in [0.15, 0.2) is 48.5 Å². The summed E-state index contributed by atoms with van der Waals surface area (Å²) in [5, 5.41) is 10.6. The van der Waals surface area contributed by atoms with Crippen molar-refractivity contribution in [2.45, 2.75) is 50.9 Å². The van der Waals surface area contributed by atoms with Crippen molar-refractivity contribution < 1.29 is 25.3 Å². The van der Waals surface area contributed by atoms with E-state index in [-0.39, 0.29) is 21.6 Å². The van der Waals surface area contributed by atoms with Gasteiger partial charge >= 0.3 is 36.7 Å². The van der Waals surface area contributed by atoms with E-state index < -0.39 is 18.9 Å². The van der Waals surface area contributed by atoms with Crippen LogP contribution in [0, 0.1) is 10.1 Å². The third kappa shape index (κ3) is 14.8. The average molecular weight is 696 g/mol. The summed E-state index contributed by atoms with van der Waals surface area (Å²) < 4.78 is 10.7. The molecular weight excluding hydrogens is 654 g/mol. The molecule has 10 nitrogen and oxygen atoms in total. The third-order valence-corrected chi connectivity index (χ3v) is 6.62. The van der Waals surface area contributed by atoms with Crippen LogP contribution in [0.2, 0.25) is 0 Å². The van der Waals surface area contributed by atoms with Gasteiger partial charge in [0.15, 0.2) is 0 Å². The van der Waals surface area contributed by atoms with Crippen molar-refractivity contribution in [3.63, 3.8) is 0 Å². The molecule has 39 heavy (non-hydrogen) atoms. The molecule has 2 fully saturated rings. The third-order valence-electron chi connectivity index (χ3n) is 6.62. The van der Waals surface area contributed by atoms with E-state index in [0.717, 1.165) is 76.5 Å². The molecule has 0 aliphatic carbocycles. The van der Waals surface area contributed by atoms with Gasteiger partial charge in [-0.05, 0) is 63.0 Å². The predicted molar refractivity (Wildman–Crippen MR) is 159 cm³/mol. The van der Waals surface area contributed by atoms with Crippen LogP contribution in [0.5, 0.6) is 0 Å². The first-order valence-corrected chi connectivity index (χ1v) is 19.7. The van der Waals surface area contributed by atoms with Crippen molar-refractivity contribution in [1.82, 2.24) is 9.80 Å². The first-order valence-electron chi connectivity index (χ1n) is 12.4. The van der Waals surface area contributed by atoms with E-state index in [1.165, 1.54) is 5.56 Å². The van der Waals surface area contributed by atoms with Crippen LogP contribution in [0.4, 0.5) is 11.4 Å². The summed E-state index contributed by atoms with van der Waals surface area (Å²) in [6.45, 7) is 5.27. The molecule has 220 valence electrons. The summed E-state index contributed by atoms with van der Waals surface area (Å²) in [7, 11) is 14.1. The van der Waals surface area contributed by atoms with E-state index in [9.17, 15) is 10.1 Å². The minimum absolute atomic E-state index is 0. The van der Waals surface area contributed by atoms with Gasteiger partial charge in [-0.2, -0.15) is 0 Å². The Morgan fingerprint density at radius 2 is 1.15 bits per heavy atom. The van der Waals surface area contributed by atoms with Gasteiger partial charge in [0.1, 0.15) is 0 Å². The summed E-state index contributed by atoms with van der Waals surface area (Å²) in [6.07, 6.45) is 4.41. The van der Waals surface area contributed by atoms with Crippen molar-refractivity contribution >= 4 is 48.1 Å². The quantitative estimate of drug-likeness (QED) is 0.201. The van der Waals surface area contributed by atoms with Crippen LogP contribution >= 0.6 is 17.8 Å². The molecule has 2 saturated heterocycles. The van der Waals surface area contributed by atoms with E-state index in [1.807, 2.05) is 24.3 Å². The van der Waals surface area contributed by atoms with E-state index in [4.69, 9.17) is 33.0 Å². The number of rotatable bonds is 7. The fourth-order valence-corrected chi connectivity index (χ4v) is 4.43. The predicted octanol–water partition coefficient (Wildman–Crippen LogP) is 3.43. The van der Waals surface area contributed by atoms with Crippen molar-refractivity contribution in [3.8, 4) is 0 Å². The van der Waals surface area contributed by atoms with Crippen molar-refractivity contribution in [2.24, 2.45) is 0 Å². The summed E-state index contributed by atoms with van der Waals surface area (Å²) in [6, 6.07) is 16.1. The van der Waals surface area contributed by atoms with Gasteiger partial charge in [0.25, 0.3) is 5.69 Å². The first kappa shape index (κ1) is 37.8. The van der Waals surface area contributed by atoms with Gasteiger partial charge in [0, 0.05) is 69.4 Å². The number of nitrogens with two attached hydrogens (primary N) is 1. The second kappa shape index (κ2) is 21.5. The molecule has 2 aliphatic rings. The number of nitrogen functional groups attached to an aromatic ring is 1. The van der Waals surface area contributed by atoms with Crippen molar-refractivity contribution in [1.29, 1.82) is 0 Å². The molecule has 6 N–H and O–H groups in total. The molecule has 0 spiro atoms. The van der Waals surface area contributed by atoms with Crippen molar-refractivity contribution in [3.05, 3.63) is 69.8 Å². The normalized spacial score (nSPS) is 15.6. The fraction of sp³-hybridized carbons (Fsp3) is 0.538. The molecule has 0 saturated carbocycles. The second-order valence-electron chi connectivity index (χ2n) is 9.25. The number of anilines is 1. The van der Waals surface area contributed by atoms with Gasteiger partial charge in [0.2, 0.25) is 0 Å². The Labute approximate surface area is 249 Å². The van der Waals surface area contributed by atoms with Crippen LogP contribution in [-0.4, -0.2) is 97.2 Å². The fourth-order valence-electron chi connectivity index (χ4n) is 4.43. The topological polar surface area (TPSA) is 157 Å². The Hall–Kier alpha value is -1.22. The van der Waals surface area contributed by atoms with Gasteiger partial charge in [-0.1, -0.05) is 24.3 Å². The van der Waals surface area contributed by atoms with Crippen LogP contribution in [0.25, 0.3) is 0 Å². The zero-order valence-corrected chi connectivity index (χ0v) is 27.0. The molecule has 0 aromatic heterocycles. The Morgan fingerprint density at radius 1 is 0.821 bits per heavy atom. The Kier molecular flexibility index (Phi) is 20.8. The van der Waals surface area contributed by atoms with Crippen LogP contribution in [0.1, 0.15) is 36.8 Å². The van der Waals surface area contributed by atoms with Crippen molar-refractivity contribution in [2.75, 3.05) is 46.3 Å². The van der Waals surface area contributed by atoms with E-state index in [2.05, 4.69) is 36.0 Å². The van der Waals surface area contributed by atoms with Crippen LogP contribution in [-0.2, 0) is 22.6 Å². The number of non-ortho nitro benzene ring substituents is 1. The van der Waals surface area contributed by atoms with Crippen LogP contribution < -0.4 is 5.73 Å². The zero-order chi connectivity index (χ0) is 27.0. The van der Waals surface area contributed by atoms with Gasteiger partial charge < -0.3 is 26.2 Å². The summed E-state index contributed by atoms with van der Waals surface area (Å²) in [5.41, 5.74) is 9.08. The Morgan fingerprint density at radius 3 is 1.49 bits per heavy atom. The number of hydrogen-bond donors (Lipinski definition) is 1. The van der Waals surface area contributed by atoms with E-state index in [0.29, 0.717) is 12.1 Å². The molecule has 2 aromatic carbocycles. The first-order chi connectivity index (χ1) is 17.8. The van der Waals surface area contributed by atoms with Gasteiger partial charge in [-0.3, -0.25) is 19.9 Å². The Bertz CT molecular complexity index is 902. The number of nitro benzene ring substituents is 1. The standard InChI is InChI=1S/C13H18N2O3.C13H20N2O.2ClH.2H2O.Sn/c1-14(12-6-8-18-9-7-12)10-11-2-4-13(5-3-11)15(16)17;1-15(13-6-8-16-9-7-13)10-11-2-4-12(14)5-3-11;;;;;/h2-5,12H,6-10H2,1H3;2-5,13H,6-10,14H2,1H3;2*1H;2*1H2;/q;;;;;;+2/p-2. The number of nitro groups is 1. The summed E-state index contributed by atoms with van der Waals surface area (Å²) in [4.78, 5) is 14.9. The molecule has 2 aliphatic heterocycles. The molecule has 0 bridgehead atoms. The summed E-state index contributed by atoms with van der Waals surface area (Å²) >= 11 is -0.826. The molecular formula is C26H42Cl2N4O6Sn. The van der Waals surface area contributed by atoms with Gasteiger partial charge in [-0.25, -0.2) is 0 Å². The van der Waals surface area contributed by atoms with Crippen LogP contribution in [0.3, 0.4) is 0 Å². The van der Waals surface area contributed by atoms with E-state index in [1.54, 1.807) is 12.1 Å². The summed E-state index contributed by atoms with van der Waals surface area (Å²) in [5.74, 6) is 0. The minimum atomic E-state index is -0.826. The Balaban J connectivity index is 0.000000646. The number of halogens is 2. The molecule has 4 rings (SSSR count). The number of hydrogen-bond acceptors (Lipinski definition) is 7. The van der Waals surface area contributed by atoms with Gasteiger partial charge in [-0.15, -0.1) is 0 Å². The number of ether oxygens (including phenoxy) is 2. The SMILES string of the molecule is CN(Cc1ccc(N)cc1)C1CCOCC1.CN(Cc1ccc([N+](=O)[O-])cc1)C1CCOCC1.O.O.[Cl][Sn][Cl]. The zero-order valence-electron chi connectivity index (χ0n) is 22.7.